The standard InChI is InChI=1S/C24H29N3O2.ClH/c1-3-16(2)24(29)27-15-20-7-5-4-6-18(20)11-22(27)23(28)26-12-17-8-9-19-13-25-14-21(19)10-17;/h4-10,16,22,25H,3,11-15H2,1-2H3,(H,26,28);1H. The van der Waals surface area contributed by atoms with Gasteiger partial charge in [0.1, 0.15) is 6.04 Å². The molecular weight excluding hydrogens is 398 g/mol. The Morgan fingerprint density at radius 2 is 1.83 bits per heavy atom. The van der Waals surface area contributed by atoms with Crippen LogP contribution in [0.2, 0.25) is 0 Å². The van der Waals surface area contributed by atoms with Crippen molar-refractivity contribution in [3.63, 3.8) is 0 Å². The highest BCUT2D eigenvalue weighted by atomic mass is 35.5. The third kappa shape index (κ3) is 4.52. The molecule has 0 saturated carbocycles. The SMILES string of the molecule is CCC(C)C(=O)N1Cc2ccccc2CC1C(=O)NCc1ccc2c(c1)CNC2.Cl. The molecule has 0 radical (unpaired) electrons. The van der Waals surface area contributed by atoms with Gasteiger partial charge < -0.3 is 15.5 Å². The molecule has 0 bridgehead atoms. The van der Waals surface area contributed by atoms with E-state index in [9.17, 15) is 9.59 Å². The average molecular weight is 428 g/mol. The maximum Gasteiger partial charge on any atom is 0.243 e. The van der Waals surface area contributed by atoms with Crippen LogP contribution in [0, 0.1) is 5.92 Å². The minimum Gasteiger partial charge on any atom is -0.350 e. The number of hydrogen-bond donors (Lipinski definition) is 2. The van der Waals surface area contributed by atoms with Crippen molar-refractivity contribution in [1.82, 2.24) is 15.5 Å². The fourth-order valence-corrected chi connectivity index (χ4v) is 4.21. The fraction of sp³-hybridized carbons (Fsp3) is 0.417. The van der Waals surface area contributed by atoms with Crippen LogP contribution in [0.3, 0.4) is 0 Å². The smallest absolute Gasteiger partial charge is 0.243 e. The van der Waals surface area contributed by atoms with E-state index in [4.69, 9.17) is 0 Å². The van der Waals surface area contributed by atoms with Crippen molar-refractivity contribution in [2.75, 3.05) is 0 Å². The molecule has 2 aliphatic rings. The van der Waals surface area contributed by atoms with Gasteiger partial charge in [0.2, 0.25) is 11.8 Å². The summed E-state index contributed by atoms with van der Waals surface area (Å²) in [4.78, 5) is 27.9. The Kier molecular flexibility index (Phi) is 7.16. The van der Waals surface area contributed by atoms with Gasteiger partial charge in [-0.15, -0.1) is 12.4 Å². The molecule has 2 aromatic carbocycles. The summed E-state index contributed by atoms with van der Waals surface area (Å²) in [5.74, 6) is -0.0969. The van der Waals surface area contributed by atoms with Crippen LogP contribution in [0.1, 0.15) is 48.1 Å². The van der Waals surface area contributed by atoms with Gasteiger partial charge in [-0.05, 0) is 34.2 Å². The molecule has 6 heteroatoms. The first-order chi connectivity index (χ1) is 14.1. The number of halogens is 1. The van der Waals surface area contributed by atoms with Crippen molar-refractivity contribution in [3.05, 3.63) is 70.3 Å². The van der Waals surface area contributed by atoms with Crippen LogP contribution in [0.15, 0.2) is 42.5 Å². The number of benzene rings is 2. The summed E-state index contributed by atoms with van der Waals surface area (Å²) < 4.78 is 0. The lowest BCUT2D eigenvalue weighted by Gasteiger charge is -2.37. The van der Waals surface area contributed by atoms with Crippen molar-refractivity contribution in [2.24, 2.45) is 5.92 Å². The molecule has 2 atom stereocenters. The van der Waals surface area contributed by atoms with Crippen LogP contribution in [0.25, 0.3) is 0 Å². The Morgan fingerprint density at radius 3 is 2.60 bits per heavy atom. The number of carbonyl (C=O) groups is 2. The van der Waals surface area contributed by atoms with Crippen LogP contribution in [-0.2, 0) is 42.2 Å². The highest BCUT2D eigenvalue weighted by Crippen LogP contribution is 2.26. The zero-order chi connectivity index (χ0) is 20.4. The minimum absolute atomic E-state index is 0. The quantitative estimate of drug-likeness (QED) is 0.769. The van der Waals surface area contributed by atoms with Gasteiger partial charge in [0, 0.05) is 38.5 Å². The molecule has 2 unspecified atom stereocenters. The lowest BCUT2D eigenvalue weighted by atomic mass is 9.92. The molecule has 2 aromatic rings. The fourth-order valence-electron chi connectivity index (χ4n) is 4.21. The maximum atomic E-state index is 13.1. The molecule has 30 heavy (non-hydrogen) atoms. The van der Waals surface area contributed by atoms with E-state index in [-0.39, 0.29) is 30.1 Å². The molecule has 0 aromatic heterocycles. The summed E-state index contributed by atoms with van der Waals surface area (Å²) in [5.41, 5.74) is 6.02. The molecule has 4 rings (SSSR count). The van der Waals surface area contributed by atoms with Crippen LogP contribution in [0.5, 0.6) is 0 Å². The molecule has 0 fully saturated rings. The maximum absolute atomic E-state index is 13.1. The van der Waals surface area contributed by atoms with E-state index in [0.29, 0.717) is 19.5 Å². The van der Waals surface area contributed by atoms with E-state index >= 15 is 0 Å². The third-order valence-corrected chi connectivity index (χ3v) is 6.24. The van der Waals surface area contributed by atoms with Crippen LogP contribution < -0.4 is 10.6 Å². The average Bonchev–Trinajstić information content (AvgIpc) is 3.23. The number of amides is 2. The van der Waals surface area contributed by atoms with Crippen LogP contribution in [-0.4, -0.2) is 22.8 Å². The van der Waals surface area contributed by atoms with Crippen molar-refractivity contribution in [1.29, 1.82) is 0 Å². The summed E-state index contributed by atoms with van der Waals surface area (Å²) in [5, 5.41) is 6.42. The van der Waals surface area contributed by atoms with Crippen molar-refractivity contribution >= 4 is 24.2 Å². The Labute approximate surface area is 184 Å². The summed E-state index contributed by atoms with van der Waals surface area (Å²) in [6.45, 7) is 6.73. The van der Waals surface area contributed by atoms with Crippen LogP contribution in [0.4, 0.5) is 0 Å². The highest BCUT2D eigenvalue weighted by molar-refractivity contribution is 5.89. The summed E-state index contributed by atoms with van der Waals surface area (Å²) in [7, 11) is 0. The van der Waals surface area contributed by atoms with E-state index in [2.05, 4.69) is 41.0 Å². The minimum atomic E-state index is -0.456. The number of rotatable bonds is 5. The summed E-state index contributed by atoms with van der Waals surface area (Å²) >= 11 is 0. The summed E-state index contributed by atoms with van der Waals surface area (Å²) in [6, 6.07) is 14.0. The second-order valence-corrected chi connectivity index (χ2v) is 8.19. The van der Waals surface area contributed by atoms with E-state index in [0.717, 1.165) is 36.2 Å². The van der Waals surface area contributed by atoms with Gasteiger partial charge >= 0.3 is 0 Å². The zero-order valence-electron chi connectivity index (χ0n) is 17.6. The topological polar surface area (TPSA) is 61.4 Å². The summed E-state index contributed by atoms with van der Waals surface area (Å²) in [6.07, 6.45) is 1.34. The second kappa shape index (κ2) is 9.63. The molecular formula is C24H30ClN3O2. The molecule has 2 N–H and O–H groups in total. The zero-order valence-corrected chi connectivity index (χ0v) is 18.4. The van der Waals surface area contributed by atoms with Crippen molar-refractivity contribution < 1.29 is 9.59 Å². The van der Waals surface area contributed by atoms with Crippen molar-refractivity contribution in [3.8, 4) is 0 Å². The van der Waals surface area contributed by atoms with Gasteiger partial charge in [-0.1, -0.05) is 56.3 Å². The van der Waals surface area contributed by atoms with Gasteiger partial charge in [0.25, 0.3) is 0 Å². The number of hydrogen-bond acceptors (Lipinski definition) is 3. The first kappa shape index (κ1) is 22.3. The monoisotopic (exact) mass is 427 g/mol. The number of carbonyl (C=O) groups excluding carboxylic acids is 2. The van der Waals surface area contributed by atoms with Crippen molar-refractivity contribution in [2.45, 2.75) is 58.9 Å². The van der Waals surface area contributed by atoms with Gasteiger partial charge in [0.05, 0.1) is 0 Å². The van der Waals surface area contributed by atoms with Gasteiger partial charge in [0.15, 0.2) is 0 Å². The van der Waals surface area contributed by atoms with E-state index in [1.54, 1.807) is 4.90 Å². The predicted molar refractivity (Wildman–Crippen MR) is 120 cm³/mol. The van der Waals surface area contributed by atoms with Gasteiger partial charge in [-0.25, -0.2) is 0 Å². The Morgan fingerprint density at radius 1 is 1.10 bits per heavy atom. The normalized spacial score (nSPS) is 18.1. The highest BCUT2D eigenvalue weighted by Gasteiger charge is 2.35. The molecule has 0 spiro atoms. The number of nitrogens with one attached hydrogen (secondary N) is 2. The molecule has 2 amide bonds. The Balaban J connectivity index is 0.00000256. The largest absolute Gasteiger partial charge is 0.350 e. The lowest BCUT2D eigenvalue weighted by Crippen LogP contribution is -2.53. The lowest BCUT2D eigenvalue weighted by molar-refractivity contribution is -0.144. The van der Waals surface area contributed by atoms with Gasteiger partial charge in [-0.2, -0.15) is 0 Å². The van der Waals surface area contributed by atoms with E-state index in [1.807, 2.05) is 26.0 Å². The Bertz CT molecular complexity index is 930. The molecule has 5 nitrogen and oxygen atoms in total. The Hall–Kier alpha value is -2.37. The molecule has 0 aliphatic carbocycles. The molecule has 2 heterocycles. The predicted octanol–water partition coefficient (Wildman–Crippen LogP) is 3.33. The first-order valence-corrected chi connectivity index (χ1v) is 10.5. The molecule has 2 aliphatic heterocycles. The number of fused-ring (bicyclic) bond motifs is 2. The van der Waals surface area contributed by atoms with Crippen LogP contribution >= 0.6 is 12.4 Å². The van der Waals surface area contributed by atoms with E-state index < -0.39 is 6.04 Å². The van der Waals surface area contributed by atoms with E-state index in [1.165, 1.54) is 11.1 Å². The third-order valence-electron chi connectivity index (χ3n) is 6.24. The molecule has 0 saturated heterocycles. The molecule has 160 valence electrons. The second-order valence-electron chi connectivity index (χ2n) is 8.19. The van der Waals surface area contributed by atoms with Gasteiger partial charge in [-0.3, -0.25) is 9.59 Å². The first-order valence-electron chi connectivity index (χ1n) is 10.5. The number of nitrogens with zero attached hydrogens (tertiary/aromatic N) is 1.